The number of fused-ring (bicyclic) bond motifs is 2. The summed E-state index contributed by atoms with van der Waals surface area (Å²) in [6.45, 7) is 3.50. The molecule has 5 rings (SSSR count). The van der Waals surface area contributed by atoms with Crippen molar-refractivity contribution in [2.45, 2.75) is 26.2 Å². The van der Waals surface area contributed by atoms with Crippen molar-refractivity contribution in [1.82, 2.24) is 19.2 Å². The van der Waals surface area contributed by atoms with E-state index in [0.717, 1.165) is 31.7 Å². The molecule has 31 heavy (non-hydrogen) atoms. The third-order valence-electron chi connectivity index (χ3n) is 5.66. The van der Waals surface area contributed by atoms with Crippen LogP contribution in [0.25, 0.3) is 16.6 Å². The van der Waals surface area contributed by atoms with E-state index in [9.17, 15) is 13.6 Å². The first-order valence-electron chi connectivity index (χ1n) is 10.3. The number of piperidine rings is 1. The second-order valence-electron chi connectivity index (χ2n) is 7.99. The topological polar surface area (TPSA) is 67.5 Å². The average Bonchev–Trinajstić information content (AvgIpc) is 3.26. The summed E-state index contributed by atoms with van der Waals surface area (Å²) >= 11 is 0. The summed E-state index contributed by atoms with van der Waals surface area (Å²) in [6.07, 6.45) is 6.54. The number of carbonyl (C=O) groups excluding carboxylic acids is 1. The Kier molecular flexibility index (Phi) is 4.60. The largest absolute Gasteiger partial charge is 0.356 e. The van der Waals surface area contributed by atoms with E-state index in [1.807, 2.05) is 0 Å². The normalized spacial score (nSPS) is 14.5. The molecule has 0 radical (unpaired) electrons. The number of amides is 1. The number of halogens is 2. The molecule has 0 saturated carbocycles. The van der Waals surface area contributed by atoms with Crippen LogP contribution in [-0.4, -0.2) is 38.2 Å². The predicted octanol–water partition coefficient (Wildman–Crippen LogP) is 4.05. The van der Waals surface area contributed by atoms with Crippen LogP contribution in [0.1, 0.15) is 35.3 Å². The van der Waals surface area contributed by atoms with Gasteiger partial charge in [-0.3, -0.25) is 9.48 Å². The molecule has 1 aliphatic rings. The third-order valence-corrected chi connectivity index (χ3v) is 5.66. The van der Waals surface area contributed by atoms with Gasteiger partial charge in [-0.15, -0.1) is 0 Å². The number of hydrogen-bond acceptors (Lipinski definition) is 4. The van der Waals surface area contributed by atoms with E-state index < -0.39 is 17.5 Å². The lowest BCUT2D eigenvalue weighted by Gasteiger charge is -2.28. The van der Waals surface area contributed by atoms with E-state index in [4.69, 9.17) is 0 Å². The quantitative estimate of drug-likeness (QED) is 0.539. The van der Waals surface area contributed by atoms with Gasteiger partial charge in [-0.25, -0.2) is 13.8 Å². The van der Waals surface area contributed by atoms with Crippen molar-refractivity contribution in [2.75, 3.05) is 23.3 Å². The fourth-order valence-corrected chi connectivity index (χ4v) is 4.35. The molecule has 0 unspecified atom stereocenters. The SMILES string of the molecule is Cc1cn2cc(NC(=O)c3cc(F)cc4c(N5CCCCC5)n(C)nc34)cc(F)c2n1. The molecular weight excluding hydrogens is 402 g/mol. The lowest BCUT2D eigenvalue weighted by atomic mass is 10.1. The van der Waals surface area contributed by atoms with Crippen molar-refractivity contribution in [1.29, 1.82) is 0 Å². The Morgan fingerprint density at radius 3 is 2.65 bits per heavy atom. The summed E-state index contributed by atoms with van der Waals surface area (Å²) in [7, 11) is 1.80. The fourth-order valence-electron chi connectivity index (χ4n) is 4.35. The number of nitrogens with one attached hydrogen (secondary N) is 1. The lowest BCUT2D eigenvalue weighted by molar-refractivity contribution is 0.102. The first-order chi connectivity index (χ1) is 14.9. The van der Waals surface area contributed by atoms with Gasteiger partial charge >= 0.3 is 0 Å². The van der Waals surface area contributed by atoms with Crippen LogP contribution in [0.2, 0.25) is 0 Å². The zero-order chi connectivity index (χ0) is 21.7. The maximum absolute atomic E-state index is 14.5. The number of pyridine rings is 1. The maximum Gasteiger partial charge on any atom is 0.258 e. The van der Waals surface area contributed by atoms with E-state index in [2.05, 4.69) is 20.3 Å². The maximum atomic E-state index is 14.5. The molecule has 1 aliphatic heterocycles. The van der Waals surface area contributed by atoms with Crippen LogP contribution in [0.3, 0.4) is 0 Å². The van der Waals surface area contributed by atoms with Crippen molar-refractivity contribution in [3.8, 4) is 0 Å². The number of imidazole rings is 1. The van der Waals surface area contributed by atoms with Gasteiger partial charge in [-0.1, -0.05) is 0 Å². The van der Waals surface area contributed by atoms with Crippen LogP contribution in [0.15, 0.2) is 30.6 Å². The molecule has 7 nitrogen and oxygen atoms in total. The van der Waals surface area contributed by atoms with Gasteiger partial charge in [0.1, 0.15) is 17.2 Å². The van der Waals surface area contributed by atoms with Crippen LogP contribution in [0, 0.1) is 18.6 Å². The Morgan fingerprint density at radius 2 is 1.87 bits per heavy atom. The number of anilines is 2. The zero-order valence-electron chi connectivity index (χ0n) is 17.3. The summed E-state index contributed by atoms with van der Waals surface area (Å²) in [5, 5.41) is 7.79. The number of carbonyl (C=O) groups is 1. The van der Waals surface area contributed by atoms with Gasteiger partial charge < -0.3 is 14.6 Å². The standard InChI is InChI=1S/C22H22F2N6O/c1-13-11-30-12-15(10-18(24)20(30)25-13)26-21(31)16-8-14(23)9-17-19(16)27-28(2)22(17)29-6-4-3-5-7-29/h8-12H,3-7H2,1-2H3,(H,26,31). The fraction of sp³-hybridized carbons (Fsp3) is 0.318. The lowest BCUT2D eigenvalue weighted by Crippen LogP contribution is -2.31. The monoisotopic (exact) mass is 424 g/mol. The minimum atomic E-state index is -0.555. The van der Waals surface area contributed by atoms with Gasteiger partial charge in [0.05, 0.1) is 16.9 Å². The molecule has 1 N–H and O–H groups in total. The van der Waals surface area contributed by atoms with Gasteiger partial charge in [-0.2, -0.15) is 5.10 Å². The highest BCUT2D eigenvalue weighted by atomic mass is 19.1. The molecule has 1 aromatic carbocycles. The van der Waals surface area contributed by atoms with Crippen molar-refractivity contribution in [3.05, 3.63) is 53.5 Å². The molecule has 160 valence electrons. The Morgan fingerprint density at radius 1 is 1.10 bits per heavy atom. The molecule has 3 aromatic heterocycles. The van der Waals surface area contributed by atoms with E-state index in [1.54, 1.807) is 31.0 Å². The summed E-state index contributed by atoms with van der Waals surface area (Å²) < 4.78 is 32.1. The average molecular weight is 424 g/mol. The van der Waals surface area contributed by atoms with Crippen LogP contribution < -0.4 is 10.2 Å². The van der Waals surface area contributed by atoms with Crippen LogP contribution in [0.4, 0.5) is 20.3 Å². The molecule has 1 amide bonds. The van der Waals surface area contributed by atoms with Gasteiger partial charge in [0.15, 0.2) is 11.5 Å². The van der Waals surface area contributed by atoms with E-state index in [1.165, 1.54) is 29.0 Å². The Bertz CT molecular complexity index is 1320. The number of benzene rings is 1. The molecule has 0 bridgehead atoms. The molecule has 0 spiro atoms. The molecule has 0 atom stereocenters. The summed E-state index contributed by atoms with van der Waals surface area (Å²) in [4.78, 5) is 19.3. The summed E-state index contributed by atoms with van der Waals surface area (Å²) in [6, 6.07) is 3.79. The summed E-state index contributed by atoms with van der Waals surface area (Å²) in [5.74, 6) is -0.815. The summed E-state index contributed by atoms with van der Waals surface area (Å²) in [5.41, 5.74) is 1.61. The van der Waals surface area contributed by atoms with Crippen LogP contribution in [-0.2, 0) is 7.05 Å². The third kappa shape index (κ3) is 3.39. The van der Waals surface area contributed by atoms with Crippen LogP contribution >= 0.6 is 0 Å². The number of aryl methyl sites for hydroxylation is 2. The molecular formula is C22H22F2N6O. The molecule has 4 heterocycles. The Balaban J connectivity index is 1.54. The predicted molar refractivity (Wildman–Crippen MR) is 115 cm³/mol. The van der Waals surface area contributed by atoms with E-state index in [0.29, 0.717) is 16.6 Å². The number of aromatic nitrogens is 4. The first-order valence-corrected chi connectivity index (χ1v) is 10.3. The van der Waals surface area contributed by atoms with Crippen molar-refractivity contribution < 1.29 is 13.6 Å². The number of hydrogen-bond donors (Lipinski definition) is 1. The Hall–Kier alpha value is -3.49. The minimum Gasteiger partial charge on any atom is -0.356 e. The van der Waals surface area contributed by atoms with Crippen LogP contribution in [0.5, 0.6) is 0 Å². The molecule has 9 heteroatoms. The minimum absolute atomic E-state index is 0.108. The molecule has 0 aliphatic carbocycles. The smallest absolute Gasteiger partial charge is 0.258 e. The van der Waals surface area contributed by atoms with E-state index >= 15 is 0 Å². The van der Waals surface area contributed by atoms with Gasteiger partial charge in [-0.05, 0) is 38.3 Å². The second kappa shape index (κ2) is 7.33. The van der Waals surface area contributed by atoms with Crippen molar-refractivity contribution in [2.24, 2.45) is 7.05 Å². The first kappa shape index (κ1) is 19.5. The molecule has 1 fully saturated rings. The van der Waals surface area contributed by atoms with Gasteiger partial charge in [0.2, 0.25) is 0 Å². The zero-order valence-corrected chi connectivity index (χ0v) is 17.3. The number of nitrogens with zero attached hydrogens (tertiary/aromatic N) is 5. The van der Waals surface area contributed by atoms with Gasteiger partial charge in [0, 0.05) is 44.0 Å². The van der Waals surface area contributed by atoms with Gasteiger partial charge in [0.25, 0.3) is 5.91 Å². The second-order valence-corrected chi connectivity index (χ2v) is 7.99. The molecule has 1 saturated heterocycles. The van der Waals surface area contributed by atoms with Crippen molar-refractivity contribution in [3.63, 3.8) is 0 Å². The Labute approximate surface area is 177 Å². The number of rotatable bonds is 3. The van der Waals surface area contributed by atoms with Crippen molar-refractivity contribution >= 4 is 34.0 Å². The molecule has 4 aromatic rings. The highest BCUT2D eigenvalue weighted by Gasteiger charge is 2.23. The highest BCUT2D eigenvalue weighted by Crippen LogP contribution is 2.32. The highest BCUT2D eigenvalue weighted by molar-refractivity contribution is 6.13. The van der Waals surface area contributed by atoms with E-state index in [-0.39, 0.29) is 16.9 Å².